The van der Waals surface area contributed by atoms with Gasteiger partial charge in [0.25, 0.3) is 0 Å². The highest BCUT2D eigenvalue weighted by molar-refractivity contribution is 7.89. The van der Waals surface area contributed by atoms with Crippen molar-refractivity contribution in [3.05, 3.63) is 24.3 Å². The molecule has 1 heterocycles. The van der Waals surface area contributed by atoms with Crippen LogP contribution in [0.3, 0.4) is 0 Å². The third-order valence-electron chi connectivity index (χ3n) is 2.91. The molecule has 0 amide bonds. The number of ether oxygens (including phenoxy) is 1. The summed E-state index contributed by atoms with van der Waals surface area (Å²) in [7, 11) is -1.94. The lowest BCUT2D eigenvalue weighted by atomic mass is 10.3. The fraction of sp³-hybridized carbons (Fsp3) is 0.455. The van der Waals surface area contributed by atoms with Crippen molar-refractivity contribution in [1.82, 2.24) is 9.37 Å². The standard InChI is InChI=1S/C11H16N2O4S/c1-17-10-2-4-11(5-3-10)18(15,16)13-8-6-12(14)7-9-13/h2-5,14H,6-9H2,1H3. The summed E-state index contributed by atoms with van der Waals surface area (Å²) in [6, 6.07) is 6.29. The summed E-state index contributed by atoms with van der Waals surface area (Å²) in [6.07, 6.45) is 0. The number of nitrogens with zero attached hydrogens (tertiary/aromatic N) is 2. The molecule has 18 heavy (non-hydrogen) atoms. The lowest BCUT2D eigenvalue weighted by molar-refractivity contribution is -0.108. The number of rotatable bonds is 3. The first-order valence-corrected chi connectivity index (χ1v) is 7.06. The van der Waals surface area contributed by atoms with Gasteiger partial charge in [-0.15, -0.1) is 0 Å². The number of sulfonamides is 1. The zero-order chi connectivity index (χ0) is 13.2. The zero-order valence-corrected chi connectivity index (χ0v) is 10.9. The van der Waals surface area contributed by atoms with Gasteiger partial charge in [0.1, 0.15) is 5.75 Å². The van der Waals surface area contributed by atoms with E-state index in [1.165, 1.54) is 23.5 Å². The largest absolute Gasteiger partial charge is 0.497 e. The number of methoxy groups -OCH3 is 1. The van der Waals surface area contributed by atoms with Gasteiger partial charge in [-0.05, 0) is 24.3 Å². The lowest BCUT2D eigenvalue weighted by Crippen LogP contribution is -2.47. The molecule has 0 atom stereocenters. The van der Waals surface area contributed by atoms with E-state index < -0.39 is 10.0 Å². The molecule has 0 aliphatic carbocycles. The summed E-state index contributed by atoms with van der Waals surface area (Å²) in [5.41, 5.74) is 0. The minimum Gasteiger partial charge on any atom is -0.497 e. The molecule has 1 fully saturated rings. The second-order valence-electron chi connectivity index (χ2n) is 4.03. The topological polar surface area (TPSA) is 70.1 Å². The van der Waals surface area contributed by atoms with E-state index in [-0.39, 0.29) is 4.90 Å². The van der Waals surface area contributed by atoms with E-state index in [4.69, 9.17) is 4.74 Å². The first-order chi connectivity index (χ1) is 8.54. The molecular formula is C11H16N2O4S. The summed E-state index contributed by atoms with van der Waals surface area (Å²) in [4.78, 5) is 0.245. The van der Waals surface area contributed by atoms with Crippen LogP contribution in [0.15, 0.2) is 29.2 Å². The highest BCUT2D eigenvalue weighted by Gasteiger charge is 2.27. The maximum atomic E-state index is 12.3. The molecule has 1 N–H and O–H groups in total. The molecule has 0 saturated carbocycles. The van der Waals surface area contributed by atoms with Crippen molar-refractivity contribution in [1.29, 1.82) is 0 Å². The molecule has 6 nitrogen and oxygen atoms in total. The number of hydroxylamine groups is 2. The summed E-state index contributed by atoms with van der Waals surface area (Å²) in [6.45, 7) is 1.25. The molecule has 1 aliphatic rings. The Kier molecular flexibility index (Phi) is 3.86. The van der Waals surface area contributed by atoms with E-state index in [0.717, 1.165) is 5.06 Å². The molecule has 0 spiro atoms. The quantitative estimate of drug-likeness (QED) is 0.862. The molecule has 7 heteroatoms. The van der Waals surface area contributed by atoms with E-state index in [9.17, 15) is 13.6 Å². The van der Waals surface area contributed by atoms with Gasteiger partial charge in [0.05, 0.1) is 12.0 Å². The fourth-order valence-electron chi connectivity index (χ4n) is 1.81. The van der Waals surface area contributed by atoms with E-state index in [2.05, 4.69) is 0 Å². The number of hydrogen-bond acceptors (Lipinski definition) is 5. The van der Waals surface area contributed by atoms with E-state index in [0.29, 0.717) is 31.9 Å². The summed E-state index contributed by atoms with van der Waals surface area (Å²) < 4.78 is 30.9. The summed E-state index contributed by atoms with van der Waals surface area (Å²) in [5, 5.41) is 10.4. The molecule has 0 unspecified atom stereocenters. The predicted octanol–water partition coefficient (Wildman–Crippen LogP) is 0.391. The Morgan fingerprint density at radius 3 is 2.17 bits per heavy atom. The zero-order valence-electron chi connectivity index (χ0n) is 10.1. The fourth-order valence-corrected chi connectivity index (χ4v) is 3.24. The molecular weight excluding hydrogens is 256 g/mol. The Morgan fingerprint density at radius 2 is 1.67 bits per heavy atom. The van der Waals surface area contributed by atoms with Crippen molar-refractivity contribution in [2.75, 3.05) is 33.3 Å². The van der Waals surface area contributed by atoms with Crippen molar-refractivity contribution in [2.24, 2.45) is 0 Å². The molecule has 0 bridgehead atoms. The van der Waals surface area contributed by atoms with Gasteiger partial charge in [0, 0.05) is 26.2 Å². The molecule has 1 aromatic rings. The third kappa shape index (κ3) is 2.64. The van der Waals surface area contributed by atoms with Gasteiger partial charge < -0.3 is 9.94 Å². The van der Waals surface area contributed by atoms with Crippen molar-refractivity contribution < 1.29 is 18.4 Å². The Morgan fingerprint density at radius 1 is 1.11 bits per heavy atom. The average molecular weight is 272 g/mol. The predicted molar refractivity (Wildman–Crippen MR) is 65.1 cm³/mol. The first kappa shape index (κ1) is 13.3. The Hall–Kier alpha value is -1.15. The molecule has 2 rings (SSSR count). The van der Waals surface area contributed by atoms with Crippen molar-refractivity contribution in [3.8, 4) is 5.75 Å². The second kappa shape index (κ2) is 5.23. The molecule has 0 radical (unpaired) electrons. The maximum Gasteiger partial charge on any atom is 0.243 e. The molecule has 100 valence electrons. The smallest absolute Gasteiger partial charge is 0.243 e. The van der Waals surface area contributed by atoms with Crippen LogP contribution < -0.4 is 4.74 Å². The number of piperazine rings is 1. The van der Waals surface area contributed by atoms with Gasteiger partial charge in [-0.25, -0.2) is 8.42 Å². The van der Waals surface area contributed by atoms with Crippen molar-refractivity contribution in [2.45, 2.75) is 4.90 Å². The molecule has 0 aromatic heterocycles. The lowest BCUT2D eigenvalue weighted by Gasteiger charge is -2.30. The average Bonchev–Trinajstić information content (AvgIpc) is 2.39. The van der Waals surface area contributed by atoms with Crippen LogP contribution in [0.25, 0.3) is 0 Å². The Balaban J connectivity index is 2.19. The summed E-state index contributed by atoms with van der Waals surface area (Å²) in [5.74, 6) is 0.620. The van der Waals surface area contributed by atoms with Gasteiger partial charge in [-0.1, -0.05) is 0 Å². The SMILES string of the molecule is COc1ccc(S(=O)(=O)N2CCN(O)CC2)cc1. The van der Waals surface area contributed by atoms with Gasteiger partial charge in [-0.2, -0.15) is 9.37 Å². The third-order valence-corrected chi connectivity index (χ3v) is 4.83. The van der Waals surface area contributed by atoms with Crippen molar-refractivity contribution in [3.63, 3.8) is 0 Å². The first-order valence-electron chi connectivity index (χ1n) is 5.62. The number of benzene rings is 1. The van der Waals surface area contributed by atoms with Crippen LogP contribution in [-0.2, 0) is 10.0 Å². The monoisotopic (exact) mass is 272 g/mol. The van der Waals surface area contributed by atoms with Crippen LogP contribution >= 0.6 is 0 Å². The minimum absolute atomic E-state index is 0.245. The molecule has 1 aliphatic heterocycles. The van der Waals surface area contributed by atoms with Crippen LogP contribution in [-0.4, -0.2) is 56.3 Å². The van der Waals surface area contributed by atoms with Crippen LogP contribution in [0, 0.1) is 0 Å². The van der Waals surface area contributed by atoms with Gasteiger partial charge >= 0.3 is 0 Å². The maximum absolute atomic E-state index is 12.3. The number of hydrogen-bond donors (Lipinski definition) is 1. The molecule has 1 aromatic carbocycles. The normalized spacial score (nSPS) is 18.8. The van der Waals surface area contributed by atoms with E-state index in [1.54, 1.807) is 12.1 Å². The summed E-state index contributed by atoms with van der Waals surface area (Å²) >= 11 is 0. The van der Waals surface area contributed by atoms with Crippen LogP contribution in [0.5, 0.6) is 5.75 Å². The van der Waals surface area contributed by atoms with Gasteiger partial charge in [0.2, 0.25) is 10.0 Å². The van der Waals surface area contributed by atoms with Crippen LogP contribution in [0.1, 0.15) is 0 Å². The van der Waals surface area contributed by atoms with Crippen LogP contribution in [0.4, 0.5) is 0 Å². The van der Waals surface area contributed by atoms with E-state index in [1.807, 2.05) is 0 Å². The highest BCUT2D eigenvalue weighted by atomic mass is 32.2. The van der Waals surface area contributed by atoms with Gasteiger partial charge in [0.15, 0.2) is 0 Å². The van der Waals surface area contributed by atoms with E-state index >= 15 is 0 Å². The van der Waals surface area contributed by atoms with Crippen molar-refractivity contribution >= 4 is 10.0 Å². The second-order valence-corrected chi connectivity index (χ2v) is 5.97. The highest BCUT2D eigenvalue weighted by Crippen LogP contribution is 2.20. The minimum atomic E-state index is -3.47. The Bertz CT molecular complexity index is 492. The van der Waals surface area contributed by atoms with Gasteiger partial charge in [-0.3, -0.25) is 0 Å². The molecule has 1 saturated heterocycles. The Labute approximate surface area is 106 Å². The van der Waals surface area contributed by atoms with Crippen LogP contribution in [0.2, 0.25) is 0 Å².